The van der Waals surface area contributed by atoms with Gasteiger partial charge in [-0.3, -0.25) is 0 Å². The average molecular weight is 249 g/mol. The molecule has 18 heavy (non-hydrogen) atoms. The number of fused-ring (bicyclic) bond motifs is 1. The minimum atomic E-state index is -1.03. The molecule has 3 rings (SSSR count). The number of carbonyl (C=O) groups is 2. The van der Waals surface area contributed by atoms with Crippen LogP contribution in [0.1, 0.15) is 28.8 Å². The second-order valence-electron chi connectivity index (χ2n) is 4.33. The van der Waals surface area contributed by atoms with Gasteiger partial charge in [0.2, 0.25) is 0 Å². The molecule has 0 saturated heterocycles. The summed E-state index contributed by atoms with van der Waals surface area (Å²) < 4.78 is 10.7. The Morgan fingerprint density at radius 2 is 2.22 bits per heavy atom. The lowest BCUT2D eigenvalue weighted by Gasteiger charge is -2.20. The Morgan fingerprint density at radius 3 is 2.89 bits per heavy atom. The van der Waals surface area contributed by atoms with E-state index >= 15 is 0 Å². The molecule has 1 aromatic carbocycles. The minimum absolute atomic E-state index is 0.103. The molecule has 0 atom stereocenters. The summed E-state index contributed by atoms with van der Waals surface area (Å²) in [7, 11) is 0. The van der Waals surface area contributed by atoms with E-state index in [9.17, 15) is 9.59 Å². The van der Waals surface area contributed by atoms with Crippen LogP contribution in [0.3, 0.4) is 0 Å². The van der Waals surface area contributed by atoms with Crippen molar-refractivity contribution in [2.75, 3.05) is 0 Å². The van der Waals surface area contributed by atoms with Crippen molar-refractivity contribution in [2.45, 2.75) is 25.5 Å². The number of hydrogen-bond donors (Lipinski definition) is 2. The summed E-state index contributed by atoms with van der Waals surface area (Å²) >= 11 is 0. The van der Waals surface area contributed by atoms with E-state index in [4.69, 9.17) is 14.6 Å². The molecule has 1 aliphatic carbocycles. The van der Waals surface area contributed by atoms with Gasteiger partial charge in [-0.1, -0.05) is 0 Å². The molecule has 94 valence electrons. The predicted molar refractivity (Wildman–Crippen MR) is 59.9 cm³/mol. The van der Waals surface area contributed by atoms with Crippen LogP contribution in [0.4, 0.5) is 4.79 Å². The topological polar surface area (TPSA) is 84.9 Å². The van der Waals surface area contributed by atoms with Gasteiger partial charge in [0.25, 0.3) is 0 Å². The van der Waals surface area contributed by atoms with Gasteiger partial charge in [-0.15, -0.1) is 0 Å². The van der Waals surface area contributed by atoms with Gasteiger partial charge < -0.3 is 19.9 Å². The number of carbonyl (C=O) groups excluding carboxylic acids is 1. The predicted octanol–water partition coefficient (Wildman–Crippen LogP) is 1.53. The lowest BCUT2D eigenvalue weighted by molar-refractivity contribution is 0.0696. The third kappa shape index (κ3) is 1.97. The number of carboxylic acids is 1. The van der Waals surface area contributed by atoms with Crippen LogP contribution in [0.2, 0.25) is 0 Å². The number of benzene rings is 1. The fourth-order valence-corrected chi connectivity index (χ4v) is 1.78. The Morgan fingerprint density at radius 1 is 1.44 bits per heavy atom. The van der Waals surface area contributed by atoms with Crippen molar-refractivity contribution in [1.29, 1.82) is 0 Å². The summed E-state index contributed by atoms with van der Waals surface area (Å²) in [5, 5.41) is 11.5. The van der Waals surface area contributed by atoms with Crippen LogP contribution in [-0.4, -0.2) is 23.3 Å². The highest BCUT2D eigenvalue weighted by Gasteiger charge is 2.29. The number of rotatable bonds is 3. The van der Waals surface area contributed by atoms with Crippen molar-refractivity contribution in [3.05, 3.63) is 23.3 Å². The maximum atomic E-state index is 11.2. The smallest absolute Gasteiger partial charge is 0.413 e. The highest BCUT2D eigenvalue weighted by Crippen LogP contribution is 2.38. The third-order valence-electron chi connectivity index (χ3n) is 2.81. The van der Waals surface area contributed by atoms with E-state index in [2.05, 4.69) is 5.32 Å². The summed E-state index contributed by atoms with van der Waals surface area (Å²) in [4.78, 5) is 22.2. The molecule has 1 amide bonds. The zero-order valence-corrected chi connectivity index (χ0v) is 9.43. The van der Waals surface area contributed by atoms with E-state index in [0.29, 0.717) is 17.1 Å². The molecule has 6 heteroatoms. The summed E-state index contributed by atoms with van der Waals surface area (Å²) in [6.07, 6.45) is 1.44. The molecule has 0 radical (unpaired) electrons. The first-order valence-electron chi connectivity index (χ1n) is 5.66. The molecule has 0 spiro atoms. The first-order valence-corrected chi connectivity index (χ1v) is 5.66. The average Bonchev–Trinajstić information content (AvgIpc) is 3.13. The largest absolute Gasteiger partial charge is 0.486 e. The lowest BCUT2D eigenvalue weighted by Crippen LogP contribution is -2.31. The maximum Gasteiger partial charge on any atom is 0.413 e. The maximum absolute atomic E-state index is 11.2. The number of nitrogens with one attached hydrogen (secondary N) is 1. The van der Waals surface area contributed by atoms with Crippen molar-refractivity contribution >= 4 is 12.1 Å². The van der Waals surface area contributed by atoms with Crippen LogP contribution in [0.5, 0.6) is 11.5 Å². The van der Waals surface area contributed by atoms with Crippen LogP contribution in [0.25, 0.3) is 0 Å². The molecule has 0 aromatic heterocycles. The summed E-state index contributed by atoms with van der Waals surface area (Å²) in [6, 6.07) is 2.88. The highest BCUT2D eigenvalue weighted by molar-refractivity contribution is 5.89. The second kappa shape index (κ2) is 3.90. The molecule has 0 unspecified atom stereocenters. The van der Waals surface area contributed by atoms with Gasteiger partial charge in [0.1, 0.15) is 0 Å². The minimum Gasteiger partial charge on any atom is -0.486 e. The molecule has 1 saturated carbocycles. The number of amides is 1. The molecular formula is C12H11NO5. The monoisotopic (exact) mass is 249 g/mol. The van der Waals surface area contributed by atoms with Crippen LogP contribution in [0.15, 0.2) is 12.1 Å². The molecular weight excluding hydrogens is 238 g/mol. The molecule has 6 nitrogen and oxygen atoms in total. The Labute approximate surface area is 103 Å². The van der Waals surface area contributed by atoms with Gasteiger partial charge in [-0.25, -0.2) is 9.59 Å². The van der Waals surface area contributed by atoms with Gasteiger partial charge in [0, 0.05) is 12.1 Å². The molecule has 1 fully saturated rings. The number of ether oxygens (including phenoxy) is 2. The van der Waals surface area contributed by atoms with Gasteiger partial charge in [-0.2, -0.15) is 0 Å². The lowest BCUT2D eigenvalue weighted by atomic mass is 10.1. The Kier molecular flexibility index (Phi) is 2.36. The SMILES string of the molecule is O=C1NCc2cc(C(=O)O)cc(OC3CC3)c2O1. The van der Waals surface area contributed by atoms with Crippen molar-refractivity contribution < 1.29 is 24.2 Å². The molecule has 1 aliphatic heterocycles. The molecule has 2 aliphatic rings. The van der Waals surface area contributed by atoms with Crippen molar-refractivity contribution in [1.82, 2.24) is 5.32 Å². The number of aromatic carboxylic acids is 1. The fourth-order valence-electron chi connectivity index (χ4n) is 1.78. The molecule has 1 aromatic rings. The number of hydrogen-bond acceptors (Lipinski definition) is 4. The second-order valence-corrected chi connectivity index (χ2v) is 4.33. The zero-order valence-electron chi connectivity index (χ0n) is 9.43. The summed E-state index contributed by atoms with van der Waals surface area (Å²) in [5.74, 6) is -0.367. The van der Waals surface area contributed by atoms with Crippen LogP contribution >= 0.6 is 0 Å². The van der Waals surface area contributed by atoms with Gasteiger partial charge in [0.05, 0.1) is 11.7 Å². The highest BCUT2D eigenvalue weighted by atomic mass is 16.6. The van der Waals surface area contributed by atoms with Crippen LogP contribution in [0, 0.1) is 0 Å². The van der Waals surface area contributed by atoms with Gasteiger partial charge in [0.15, 0.2) is 11.5 Å². The first-order chi connectivity index (χ1) is 8.63. The zero-order chi connectivity index (χ0) is 12.7. The van der Waals surface area contributed by atoms with E-state index in [1.54, 1.807) is 0 Å². The quantitative estimate of drug-likeness (QED) is 0.848. The van der Waals surface area contributed by atoms with E-state index < -0.39 is 12.1 Å². The van der Waals surface area contributed by atoms with Gasteiger partial charge in [-0.05, 0) is 25.0 Å². The fraction of sp³-hybridized carbons (Fsp3) is 0.333. The standard InChI is InChI=1S/C12H11NO5/c14-11(15)6-3-7-5-13-12(16)18-10(7)9(4-6)17-8-1-2-8/h3-4,8H,1-2,5H2,(H,13,16)(H,14,15). The van der Waals surface area contributed by atoms with E-state index in [-0.39, 0.29) is 18.2 Å². The van der Waals surface area contributed by atoms with Crippen molar-refractivity contribution in [3.8, 4) is 11.5 Å². The first kappa shape index (κ1) is 10.9. The molecule has 1 heterocycles. The summed E-state index contributed by atoms with van der Waals surface area (Å²) in [6.45, 7) is 0.246. The van der Waals surface area contributed by atoms with Gasteiger partial charge >= 0.3 is 12.1 Å². The third-order valence-corrected chi connectivity index (χ3v) is 2.81. The van der Waals surface area contributed by atoms with Crippen molar-refractivity contribution in [3.63, 3.8) is 0 Å². The van der Waals surface area contributed by atoms with Crippen molar-refractivity contribution in [2.24, 2.45) is 0 Å². The normalized spacial score (nSPS) is 17.4. The Hall–Kier alpha value is -2.24. The molecule has 2 N–H and O–H groups in total. The van der Waals surface area contributed by atoms with E-state index in [1.807, 2.05) is 0 Å². The molecule has 0 bridgehead atoms. The van der Waals surface area contributed by atoms with E-state index in [0.717, 1.165) is 12.8 Å². The Balaban J connectivity index is 2.04. The van der Waals surface area contributed by atoms with Crippen LogP contribution in [-0.2, 0) is 6.54 Å². The number of carboxylic acid groups (broad SMARTS) is 1. The van der Waals surface area contributed by atoms with Crippen LogP contribution < -0.4 is 14.8 Å². The Bertz CT molecular complexity index is 536. The van der Waals surface area contributed by atoms with E-state index in [1.165, 1.54) is 12.1 Å². The summed E-state index contributed by atoms with van der Waals surface area (Å²) in [5.41, 5.74) is 0.745.